The Morgan fingerprint density at radius 3 is 2.43 bits per heavy atom. The van der Waals surface area contributed by atoms with Gasteiger partial charge in [0, 0.05) is 31.5 Å². The van der Waals surface area contributed by atoms with E-state index in [1.807, 2.05) is 54.6 Å². The Balaban J connectivity index is 1.44. The molecule has 0 bridgehead atoms. The molecule has 0 radical (unpaired) electrons. The molecule has 3 rings (SSSR count). The van der Waals surface area contributed by atoms with Gasteiger partial charge in [0.1, 0.15) is 6.10 Å². The summed E-state index contributed by atoms with van der Waals surface area (Å²) in [5.74, 6) is -0.482. The van der Waals surface area contributed by atoms with Gasteiger partial charge in [0.25, 0.3) is 5.91 Å². The van der Waals surface area contributed by atoms with Crippen molar-refractivity contribution in [1.82, 2.24) is 4.90 Å². The molecule has 0 aliphatic carbocycles. The maximum Gasteiger partial charge on any atom is 0.251 e. The molecule has 30 heavy (non-hydrogen) atoms. The van der Waals surface area contributed by atoms with E-state index in [2.05, 4.69) is 10.2 Å². The second-order valence-corrected chi connectivity index (χ2v) is 7.33. The van der Waals surface area contributed by atoms with Gasteiger partial charge in [0.05, 0.1) is 26.4 Å². The third-order valence-corrected chi connectivity index (χ3v) is 4.97. The minimum atomic E-state index is -0.629. The first-order valence-electron chi connectivity index (χ1n) is 10.2. The van der Waals surface area contributed by atoms with Crippen LogP contribution in [-0.4, -0.2) is 62.7 Å². The lowest BCUT2D eigenvalue weighted by Crippen LogP contribution is -2.40. The lowest BCUT2D eigenvalue weighted by Gasteiger charge is -2.29. The summed E-state index contributed by atoms with van der Waals surface area (Å²) in [7, 11) is 1.60. The second kappa shape index (κ2) is 10.8. The molecule has 2 aromatic rings. The Hall–Kier alpha value is -2.90. The highest BCUT2D eigenvalue weighted by Crippen LogP contribution is 2.19. The maximum atomic E-state index is 12.5. The van der Waals surface area contributed by atoms with Gasteiger partial charge in [-0.3, -0.25) is 9.59 Å². The van der Waals surface area contributed by atoms with Crippen LogP contribution in [-0.2, 0) is 25.7 Å². The summed E-state index contributed by atoms with van der Waals surface area (Å²) in [5, 5.41) is 2.84. The van der Waals surface area contributed by atoms with E-state index in [0.29, 0.717) is 12.3 Å². The van der Waals surface area contributed by atoms with E-state index in [9.17, 15) is 9.59 Å². The van der Waals surface area contributed by atoms with Crippen molar-refractivity contribution < 1.29 is 19.1 Å². The Bertz CT molecular complexity index is 820. The molecule has 7 nitrogen and oxygen atoms in total. The molecule has 2 aromatic carbocycles. The van der Waals surface area contributed by atoms with Crippen molar-refractivity contribution in [1.29, 1.82) is 0 Å². The van der Waals surface area contributed by atoms with Gasteiger partial charge in [0.15, 0.2) is 0 Å². The molecular weight excluding hydrogens is 382 g/mol. The van der Waals surface area contributed by atoms with Gasteiger partial charge in [-0.1, -0.05) is 30.3 Å². The molecule has 0 spiro atoms. The zero-order valence-electron chi connectivity index (χ0n) is 17.5. The molecule has 1 fully saturated rings. The molecule has 0 aromatic heterocycles. The quantitative estimate of drug-likeness (QED) is 0.723. The van der Waals surface area contributed by atoms with E-state index in [1.54, 1.807) is 14.0 Å². The van der Waals surface area contributed by atoms with Crippen LogP contribution >= 0.6 is 0 Å². The van der Waals surface area contributed by atoms with E-state index >= 15 is 0 Å². The van der Waals surface area contributed by atoms with Gasteiger partial charge in [-0.05, 0) is 36.8 Å². The van der Waals surface area contributed by atoms with Crippen LogP contribution in [0.2, 0.25) is 0 Å². The molecule has 7 heteroatoms. The molecule has 1 aliphatic heterocycles. The highest BCUT2D eigenvalue weighted by molar-refractivity contribution is 5.95. The lowest BCUT2D eigenvalue weighted by molar-refractivity contribution is -0.143. The van der Waals surface area contributed by atoms with Crippen LogP contribution in [0.15, 0.2) is 54.6 Å². The van der Waals surface area contributed by atoms with Crippen molar-refractivity contribution in [2.45, 2.75) is 19.6 Å². The fraction of sp³-hybridized carbons (Fsp3) is 0.391. The monoisotopic (exact) mass is 411 g/mol. The number of carbonyl (C=O) groups excluding carboxylic acids is 2. The number of nitrogens with zero attached hydrogens (tertiary/aromatic N) is 2. The average molecular weight is 412 g/mol. The fourth-order valence-corrected chi connectivity index (χ4v) is 3.25. The van der Waals surface area contributed by atoms with E-state index in [1.165, 1.54) is 4.90 Å². The largest absolute Gasteiger partial charge is 0.378 e. The Morgan fingerprint density at radius 2 is 1.77 bits per heavy atom. The first-order chi connectivity index (χ1) is 14.5. The summed E-state index contributed by atoms with van der Waals surface area (Å²) in [6, 6.07) is 17.4. The minimum Gasteiger partial charge on any atom is -0.378 e. The number of morpholine rings is 1. The van der Waals surface area contributed by atoms with Crippen LogP contribution in [0.5, 0.6) is 0 Å². The molecular formula is C23H29N3O4. The second-order valence-electron chi connectivity index (χ2n) is 7.33. The topological polar surface area (TPSA) is 71.1 Å². The first-order valence-corrected chi connectivity index (χ1v) is 10.2. The van der Waals surface area contributed by atoms with Crippen LogP contribution in [0.25, 0.3) is 0 Å². The van der Waals surface area contributed by atoms with Crippen molar-refractivity contribution in [2.24, 2.45) is 0 Å². The molecule has 1 N–H and O–H groups in total. The number of carbonyl (C=O) groups is 2. The van der Waals surface area contributed by atoms with Crippen LogP contribution in [0, 0.1) is 0 Å². The summed E-state index contributed by atoms with van der Waals surface area (Å²) in [4.78, 5) is 28.5. The van der Waals surface area contributed by atoms with Gasteiger partial charge in [-0.25, -0.2) is 0 Å². The lowest BCUT2D eigenvalue weighted by atomic mass is 10.2. The standard InChI is InChI=1S/C23H29N3O4/c1-18(30-17-19-6-4-3-5-7-19)23(28)25(2)16-22(27)24-20-8-10-21(11-9-20)26-12-14-29-15-13-26/h3-11,18H,12-17H2,1-2H3,(H,24,27). The maximum absolute atomic E-state index is 12.5. The van der Waals surface area contributed by atoms with Gasteiger partial charge in [-0.2, -0.15) is 0 Å². The number of anilines is 2. The van der Waals surface area contributed by atoms with E-state index in [-0.39, 0.29) is 18.4 Å². The fourth-order valence-electron chi connectivity index (χ4n) is 3.25. The van der Waals surface area contributed by atoms with Crippen LogP contribution < -0.4 is 10.2 Å². The van der Waals surface area contributed by atoms with Crippen molar-refractivity contribution in [3.05, 3.63) is 60.2 Å². The number of benzene rings is 2. The summed E-state index contributed by atoms with van der Waals surface area (Å²) in [6.07, 6.45) is -0.629. The zero-order valence-corrected chi connectivity index (χ0v) is 17.5. The van der Waals surface area contributed by atoms with Crippen molar-refractivity contribution in [3.63, 3.8) is 0 Å². The van der Waals surface area contributed by atoms with Crippen LogP contribution in [0.1, 0.15) is 12.5 Å². The normalized spacial score (nSPS) is 14.8. The third kappa shape index (κ3) is 6.30. The van der Waals surface area contributed by atoms with Crippen LogP contribution in [0.4, 0.5) is 11.4 Å². The molecule has 1 aliphatic rings. The van der Waals surface area contributed by atoms with Crippen molar-refractivity contribution >= 4 is 23.2 Å². The Morgan fingerprint density at radius 1 is 1.10 bits per heavy atom. The van der Waals surface area contributed by atoms with E-state index in [4.69, 9.17) is 9.47 Å². The van der Waals surface area contributed by atoms with Crippen LogP contribution in [0.3, 0.4) is 0 Å². The first kappa shape index (κ1) is 21.8. The predicted octanol–water partition coefficient (Wildman–Crippen LogP) is 2.53. The number of likely N-dealkylation sites (N-methyl/N-ethyl adjacent to an activating group) is 1. The number of nitrogens with one attached hydrogen (secondary N) is 1. The molecule has 1 unspecified atom stereocenters. The highest BCUT2D eigenvalue weighted by Gasteiger charge is 2.20. The molecule has 160 valence electrons. The summed E-state index contributed by atoms with van der Waals surface area (Å²) in [5.41, 5.74) is 2.80. The molecule has 1 saturated heterocycles. The van der Waals surface area contributed by atoms with Gasteiger partial charge in [-0.15, -0.1) is 0 Å². The molecule has 0 saturated carbocycles. The number of ether oxygens (including phenoxy) is 2. The number of hydrogen-bond acceptors (Lipinski definition) is 5. The summed E-state index contributed by atoms with van der Waals surface area (Å²) >= 11 is 0. The number of rotatable bonds is 8. The number of amides is 2. The van der Waals surface area contributed by atoms with E-state index < -0.39 is 6.10 Å². The third-order valence-electron chi connectivity index (χ3n) is 4.97. The minimum absolute atomic E-state index is 0.0386. The Labute approximate surface area is 177 Å². The molecule has 2 amide bonds. The SMILES string of the molecule is CC(OCc1ccccc1)C(=O)N(C)CC(=O)Nc1ccc(N2CCOCC2)cc1. The van der Waals surface area contributed by atoms with Crippen molar-refractivity contribution in [3.8, 4) is 0 Å². The molecule has 1 heterocycles. The van der Waals surface area contributed by atoms with E-state index in [0.717, 1.165) is 37.6 Å². The smallest absolute Gasteiger partial charge is 0.251 e. The predicted molar refractivity (Wildman–Crippen MR) is 116 cm³/mol. The zero-order chi connectivity index (χ0) is 21.3. The Kier molecular flexibility index (Phi) is 7.82. The number of hydrogen-bond donors (Lipinski definition) is 1. The molecule has 1 atom stereocenters. The van der Waals surface area contributed by atoms with Gasteiger partial charge in [0.2, 0.25) is 5.91 Å². The van der Waals surface area contributed by atoms with Gasteiger partial charge >= 0.3 is 0 Å². The highest BCUT2D eigenvalue weighted by atomic mass is 16.5. The van der Waals surface area contributed by atoms with Crippen molar-refractivity contribution in [2.75, 3.05) is 50.1 Å². The summed E-state index contributed by atoms with van der Waals surface area (Å²) < 4.78 is 11.0. The summed E-state index contributed by atoms with van der Waals surface area (Å²) in [6.45, 7) is 5.20. The van der Waals surface area contributed by atoms with Gasteiger partial charge < -0.3 is 24.6 Å². The average Bonchev–Trinajstić information content (AvgIpc) is 2.78.